The fraction of sp³-hybridized carbons (Fsp3) is 0.333. The van der Waals surface area contributed by atoms with Crippen LogP contribution in [0.1, 0.15) is 24.9 Å². The van der Waals surface area contributed by atoms with E-state index in [9.17, 15) is 4.79 Å². The lowest BCUT2D eigenvalue weighted by molar-refractivity contribution is -0.130. The van der Waals surface area contributed by atoms with Gasteiger partial charge in [-0.15, -0.1) is 0 Å². The minimum Gasteiger partial charge on any atom is -0.338 e. The number of hydrogen-bond acceptors (Lipinski definition) is 2. The van der Waals surface area contributed by atoms with Gasteiger partial charge in [0.1, 0.15) is 6.42 Å². The Hall–Kier alpha value is -1.53. The molecule has 0 fully saturated rings. The number of halogens is 1. The maximum atomic E-state index is 11.5. The van der Waals surface area contributed by atoms with E-state index in [-0.39, 0.29) is 18.4 Å². The van der Waals surface area contributed by atoms with Crippen LogP contribution in [0.5, 0.6) is 0 Å². The van der Waals surface area contributed by atoms with Gasteiger partial charge in [-0.1, -0.05) is 23.7 Å². The number of nitriles is 1. The fourth-order valence-corrected chi connectivity index (χ4v) is 1.60. The number of nitrogens with zero attached hydrogens (tertiary/aromatic N) is 2. The molecule has 0 saturated carbocycles. The first kappa shape index (κ1) is 12.5. The van der Waals surface area contributed by atoms with Crippen LogP contribution in [0, 0.1) is 11.3 Å². The van der Waals surface area contributed by atoms with Gasteiger partial charge in [-0.25, -0.2) is 0 Å². The van der Waals surface area contributed by atoms with Crippen LogP contribution in [0.15, 0.2) is 24.3 Å². The Labute approximate surface area is 100 Å². The van der Waals surface area contributed by atoms with E-state index >= 15 is 0 Å². The van der Waals surface area contributed by atoms with Crippen molar-refractivity contribution in [3.05, 3.63) is 34.9 Å². The Morgan fingerprint density at radius 3 is 2.88 bits per heavy atom. The minimum absolute atomic E-state index is 0.0838. The normalized spacial score (nSPS) is 11.6. The van der Waals surface area contributed by atoms with Gasteiger partial charge < -0.3 is 4.90 Å². The van der Waals surface area contributed by atoms with Crippen molar-refractivity contribution in [2.75, 3.05) is 7.05 Å². The largest absolute Gasteiger partial charge is 0.338 e. The molecule has 16 heavy (non-hydrogen) atoms. The Balaban J connectivity index is 2.82. The molecule has 0 aromatic heterocycles. The number of carbonyl (C=O) groups excluding carboxylic acids is 1. The standard InChI is InChI=1S/C12H13ClN2O/c1-9(15(2)12(16)6-7-14)10-4-3-5-11(13)8-10/h3-5,8-9H,6H2,1-2H3. The summed E-state index contributed by atoms with van der Waals surface area (Å²) in [5.41, 5.74) is 0.960. The second-order valence-electron chi connectivity index (χ2n) is 3.57. The molecule has 0 heterocycles. The topological polar surface area (TPSA) is 44.1 Å². The maximum absolute atomic E-state index is 11.5. The number of amides is 1. The molecule has 1 amide bonds. The lowest BCUT2D eigenvalue weighted by Gasteiger charge is -2.24. The molecule has 3 nitrogen and oxygen atoms in total. The summed E-state index contributed by atoms with van der Waals surface area (Å²) in [4.78, 5) is 13.1. The fourth-order valence-electron chi connectivity index (χ4n) is 1.40. The zero-order valence-electron chi connectivity index (χ0n) is 9.27. The van der Waals surface area contributed by atoms with Crippen molar-refractivity contribution >= 4 is 17.5 Å². The molecule has 0 N–H and O–H groups in total. The van der Waals surface area contributed by atoms with Crippen LogP contribution >= 0.6 is 11.6 Å². The van der Waals surface area contributed by atoms with E-state index in [1.165, 1.54) is 0 Å². The summed E-state index contributed by atoms with van der Waals surface area (Å²) in [5.74, 6) is -0.185. The molecule has 1 aromatic carbocycles. The van der Waals surface area contributed by atoms with Gasteiger partial charge in [-0.05, 0) is 24.6 Å². The molecule has 1 aromatic rings. The first-order valence-electron chi connectivity index (χ1n) is 4.94. The van der Waals surface area contributed by atoms with Crippen molar-refractivity contribution in [1.29, 1.82) is 5.26 Å². The molecule has 1 atom stereocenters. The van der Waals surface area contributed by atoms with Crippen LogP contribution in [0.25, 0.3) is 0 Å². The van der Waals surface area contributed by atoms with Gasteiger partial charge in [0, 0.05) is 12.1 Å². The molecular formula is C12H13ClN2O. The van der Waals surface area contributed by atoms with E-state index in [0.717, 1.165) is 5.56 Å². The molecule has 0 radical (unpaired) electrons. The summed E-state index contributed by atoms with van der Waals surface area (Å²) in [6.07, 6.45) is -0.0958. The molecule has 84 valence electrons. The van der Waals surface area contributed by atoms with Crippen LogP contribution in [0.2, 0.25) is 5.02 Å². The smallest absolute Gasteiger partial charge is 0.237 e. The monoisotopic (exact) mass is 236 g/mol. The Morgan fingerprint density at radius 2 is 2.31 bits per heavy atom. The highest BCUT2D eigenvalue weighted by Crippen LogP contribution is 2.22. The van der Waals surface area contributed by atoms with Crippen molar-refractivity contribution in [3.63, 3.8) is 0 Å². The number of hydrogen-bond donors (Lipinski definition) is 0. The predicted molar refractivity (Wildman–Crippen MR) is 62.9 cm³/mol. The summed E-state index contributed by atoms with van der Waals surface area (Å²) in [6, 6.07) is 9.13. The van der Waals surface area contributed by atoms with Crippen LogP contribution < -0.4 is 0 Å². The summed E-state index contributed by atoms with van der Waals surface area (Å²) in [6.45, 7) is 1.90. The van der Waals surface area contributed by atoms with Gasteiger partial charge in [0.2, 0.25) is 5.91 Å². The van der Waals surface area contributed by atoms with Gasteiger partial charge in [-0.3, -0.25) is 4.79 Å². The molecule has 4 heteroatoms. The molecule has 0 aliphatic heterocycles. The van der Waals surface area contributed by atoms with E-state index in [2.05, 4.69) is 0 Å². The van der Waals surface area contributed by atoms with Crippen molar-refractivity contribution < 1.29 is 4.79 Å². The lowest BCUT2D eigenvalue weighted by Crippen LogP contribution is -2.29. The van der Waals surface area contributed by atoms with Crippen LogP contribution in [-0.2, 0) is 4.79 Å². The van der Waals surface area contributed by atoms with Crippen molar-refractivity contribution in [3.8, 4) is 6.07 Å². The average molecular weight is 237 g/mol. The van der Waals surface area contributed by atoms with Crippen molar-refractivity contribution in [2.45, 2.75) is 19.4 Å². The van der Waals surface area contributed by atoms with Gasteiger partial charge in [0.15, 0.2) is 0 Å². The maximum Gasteiger partial charge on any atom is 0.237 e. The van der Waals surface area contributed by atoms with Crippen LogP contribution in [0.4, 0.5) is 0 Å². The summed E-state index contributed by atoms with van der Waals surface area (Å²) in [7, 11) is 1.69. The quantitative estimate of drug-likeness (QED) is 0.810. The molecule has 0 spiro atoms. The zero-order chi connectivity index (χ0) is 12.1. The first-order valence-corrected chi connectivity index (χ1v) is 5.32. The highest BCUT2D eigenvalue weighted by Gasteiger charge is 2.16. The Kier molecular flexibility index (Phi) is 4.33. The van der Waals surface area contributed by atoms with E-state index in [4.69, 9.17) is 16.9 Å². The lowest BCUT2D eigenvalue weighted by atomic mass is 10.1. The number of carbonyl (C=O) groups is 1. The zero-order valence-corrected chi connectivity index (χ0v) is 10.0. The van der Waals surface area contributed by atoms with E-state index in [1.807, 2.05) is 31.2 Å². The van der Waals surface area contributed by atoms with Crippen molar-refractivity contribution in [2.24, 2.45) is 0 Å². The Bertz CT molecular complexity index is 425. The molecule has 1 unspecified atom stereocenters. The average Bonchev–Trinajstić information content (AvgIpc) is 2.27. The minimum atomic E-state index is -0.185. The third-order valence-corrected chi connectivity index (χ3v) is 2.77. The van der Waals surface area contributed by atoms with Gasteiger partial charge in [0.05, 0.1) is 12.1 Å². The van der Waals surface area contributed by atoms with Crippen molar-refractivity contribution in [1.82, 2.24) is 4.90 Å². The molecule has 1 rings (SSSR count). The summed E-state index contributed by atoms with van der Waals surface area (Å²) in [5, 5.41) is 9.11. The van der Waals surface area contributed by atoms with Gasteiger partial charge >= 0.3 is 0 Å². The van der Waals surface area contributed by atoms with E-state index in [0.29, 0.717) is 5.02 Å². The second kappa shape index (κ2) is 5.53. The molecule has 0 bridgehead atoms. The van der Waals surface area contributed by atoms with E-state index in [1.54, 1.807) is 18.0 Å². The van der Waals surface area contributed by atoms with E-state index < -0.39 is 0 Å². The summed E-state index contributed by atoms with van der Waals surface area (Å²) < 4.78 is 0. The Morgan fingerprint density at radius 1 is 1.62 bits per heavy atom. The highest BCUT2D eigenvalue weighted by atomic mass is 35.5. The molecule has 0 aliphatic rings. The third-order valence-electron chi connectivity index (χ3n) is 2.54. The molecule has 0 saturated heterocycles. The number of benzene rings is 1. The molecular weight excluding hydrogens is 224 g/mol. The van der Waals surface area contributed by atoms with Gasteiger partial charge in [-0.2, -0.15) is 5.26 Å². The first-order chi connectivity index (χ1) is 7.56. The van der Waals surface area contributed by atoms with Crippen LogP contribution in [-0.4, -0.2) is 17.9 Å². The number of rotatable bonds is 3. The second-order valence-corrected chi connectivity index (χ2v) is 4.01. The predicted octanol–water partition coefficient (Wildman–Crippen LogP) is 2.77. The molecule has 0 aliphatic carbocycles. The SMILES string of the molecule is CC(c1cccc(Cl)c1)N(C)C(=O)CC#N. The third kappa shape index (κ3) is 2.98. The van der Waals surface area contributed by atoms with Crippen LogP contribution in [0.3, 0.4) is 0 Å². The summed E-state index contributed by atoms with van der Waals surface area (Å²) >= 11 is 5.88. The highest BCUT2D eigenvalue weighted by molar-refractivity contribution is 6.30. The van der Waals surface area contributed by atoms with Gasteiger partial charge in [0.25, 0.3) is 0 Å².